The highest BCUT2D eigenvalue weighted by Crippen LogP contribution is 2.31. The topological polar surface area (TPSA) is 63.8 Å². The summed E-state index contributed by atoms with van der Waals surface area (Å²) in [6.07, 6.45) is 6.55. The van der Waals surface area contributed by atoms with Gasteiger partial charge in [0.05, 0.1) is 5.69 Å². The summed E-state index contributed by atoms with van der Waals surface area (Å²) in [5.74, 6) is 1.43. The molecule has 1 heterocycles. The van der Waals surface area contributed by atoms with Crippen LogP contribution in [0, 0.1) is 0 Å². The van der Waals surface area contributed by atoms with Crippen LogP contribution in [0.25, 0.3) is 0 Å². The molecular formula is C14H24N4. The minimum Gasteiger partial charge on any atom is -0.367 e. The Morgan fingerprint density at radius 1 is 1.22 bits per heavy atom. The Kier molecular flexibility index (Phi) is 4.17. The van der Waals surface area contributed by atoms with E-state index in [2.05, 4.69) is 21.6 Å². The Labute approximate surface area is 109 Å². The summed E-state index contributed by atoms with van der Waals surface area (Å²) >= 11 is 0. The summed E-state index contributed by atoms with van der Waals surface area (Å²) < 4.78 is 0. The predicted molar refractivity (Wildman–Crippen MR) is 74.6 cm³/mol. The van der Waals surface area contributed by atoms with E-state index in [1.807, 2.05) is 19.9 Å². The molecule has 0 unspecified atom stereocenters. The maximum Gasteiger partial charge on any atom is 0.148 e. The van der Waals surface area contributed by atoms with E-state index >= 15 is 0 Å². The van der Waals surface area contributed by atoms with Crippen LogP contribution in [0.3, 0.4) is 0 Å². The van der Waals surface area contributed by atoms with Gasteiger partial charge in [0.1, 0.15) is 5.82 Å². The molecule has 1 aromatic rings. The fourth-order valence-corrected chi connectivity index (χ4v) is 2.37. The first-order valence-electron chi connectivity index (χ1n) is 6.91. The molecule has 0 aromatic carbocycles. The molecule has 1 aliphatic rings. The molecule has 0 spiro atoms. The fourth-order valence-electron chi connectivity index (χ4n) is 2.37. The Morgan fingerprint density at radius 2 is 1.94 bits per heavy atom. The summed E-state index contributed by atoms with van der Waals surface area (Å²) in [5.41, 5.74) is 6.83. The average molecular weight is 248 g/mol. The molecule has 18 heavy (non-hydrogen) atoms. The molecule has 1 aromatic heterocycles. The van der Waals surface area contributed by atoms with Gasteiger partial charge in [-0.05, 0) is 38.8 Å². The lowest BCUT2D eigenvalue weighted by Gasteiger charge is -2.21. The van der Waals surface area contributed by atoms with E-state index in [0.717, 1.165) is 11.5 Å². The zero-order valence-electron chi connectivity index (χ0n) is 11.4. The first-order chi connectivity index (χ1) is 8.54. The molecule has 1 aliphatic carbocycles. The molecule has 1 fully saturated rings. The summed E-state index contributed by atoms with van der Waals surface area (Å²) in [6, 6.07) is 4.12. The molecule has 0 atom stereocenters. The smallest absolute Gasteiger partial charge is 0.148 e. The number of nitrogens with two attached hydrogens (primary N) is 1. The van der Waals surface area contributed by atoms with Gasteiger partial charge in [0.2, 0.25) is 0 Å². The van der Waals surface area contributed by atoms with Crippen molar-refractivity contribution in [3.8, 4) is 0 Å². The van der Waals surface area contributed by atoms with E-state index in [1.165, 1.54) is 32.1 Å². The molecule has 0 amide bonds. The van der Waals surface area contributed by atoms with Crippen LogP contribution < -0.4 is 11.1 Å². The number of hydrogen-bond acceptors (Lipinski definition) is 4. The minimum absolute atomic E-state index is 0.232. The van der Waals surface area contributed by atoms with E-state index < -0.39 is 0 Å². The predicted octanol–water partition coefficient (Wildman–Crippen LogP) is 2.67. The van der Waals surface area contributed by atoms with Crippen molar-refractivity contribution in [3.05, 3.63) is 17.8 Å². The lowest BCUT2D eigenvalue weighted by atomic mass is 9.87. The van der Waals surface area contributed by atoms with Crippen LogP contribution in [-0.4, -0.2) is 22.3 Å². The van der Waals surface area contributed by atoms with Gasteiger partial charge in [-0.2, -0.15) is 5.10 Å². The van der Waals surface area contributed by atoms with E-state index in [1.54, 1.807) is 0 Å². The molecular weight excluding hydrogens is 224 g/mol. The zero-order valence-corrected chi connectivity index (χ0v) is 11.4. The number of nitrogens with one attached hydrogen (secondary N) is 1. The van der Waals surface area contributed by atoms with Gasteiger partial charge in [-0.25, -0.2) is 0 Å². The Bertz CT molecular complexity index is 360. The molecule has 2 rings (SSSR count). The van der Waals surface area contributed by atoms with Gasteiger partial charge in [0.15, 0.2) is 0 Å². The normalized spacial score (nSPS) is 17.7. The van der Waals surface area contributed by atoms with Crippen molar-refractivity contribution in [2.75, 3.05) is 11.9 Å². The second-order valence-corrected chi connectivity index (χ2v) is 6.02. The SMILES string of the molecule is CC(C)(N)CNc1ccc(C2CCCCC2)nn1. The van der Waals surface area contributed by atoms with Gasteiger partial charge in [-0.3, -0.25) is 0 Å². The van der Waals surface area contributed by atoms with Gasteiger partial charge in [0.25, 0.3) is 0 Å². The van der Waals surface area contributed by atoms with E-state index in [-0.39, 0.29) is 5.54 Å². The average Bonchev–Trinajstić information content (AvgIpc) is 2.37. The van der Waals surface area contributed by atoms with Crippen molar-refractivity contribution < 1.29 is 0 Å². The van der Waals surface area contributed by atoms with Crippen LogP contribution in [0.15, 0.2) is 12.1 Å². The van der Waals surface area contributed by atoms with Crippen LogP contribution in [0.2, 0.25) is 0 Å². The molecule has 3 N–H and O–H groups in total. The number of aromatic nitrogens is 2. The van der Waals surface area contributed by atoms with E-state index in [0.29, 0.717) is 12.5 Å². The standard InChI is InChI=1S/C14H24N4/c1-14(2,15)10-16-13-9-8-12(17-18-13)11-6-4-3-5-7-11/h8-9,11H,3-7,10,15H2,1-2H3,(H,16,18). The van der Waals surface area contributed by atoms with Crippen molar-refractivity contribution in [1.29, 1.82) is 0 Å². The van der Waals surface area contributed by atoms with Crippen LogP contribution in [0.1, 0.15) is 57.6 Å². The largest absolute Gasteiger partial charge is 0.367 e. The van der Waals surface area contributed by atoms with Crippen molar-refractivity contribution in [1.82, 2.24) is 10.2 Å². The third kappa shape index (κ3) is 3.95. The van der Waals surface area contributed by atoms with Gasteiger partial charge in [-0.1, -0.05) is 19.3 Å². The van der Waals surface area contributed by atoms with Crippen LogP contribution in [0.4, 0.5) is 5.82 Å². The Morgan fingerprint density at radius 3 is 2.50 bits per heavy atom. The lowest BCUT2D eigenvalue weighted by Crippen LogP contribution is -2.39. The van der Waals surface area contributed by atoms with Gasteiger partial charge < -0.3 is 11.1 Å². The highest BCUT2D eigenvalue weighted by atomic mass is 15.2. The van der Waals surface area contributed by atoms with Crippen molar-refractivity contribution in [2.24, 2.45) is 5.73 Å². The first-order valence-corrected chi connectivity index (χ1v) is 6.91. The molecule has 0 bridgehead atoms. The maximum absolute atomic E-state index is 5.92. The lowest BCUT2D eigenvalue weighted by molar-refractivity contribution is 0.434. The Hall–Kier alpha value is -1.16. The minimum atomic E-state index is -0.232. The van der Waals surface area contributed by atoms with E-state index in [4.69, 9.17) is 5.73 Å². The maximum atomic E-state index is 5.92. The van der Waals surface area contributed by atoms with Crippen molar-refractivity contribution in [2.45, 2.75) is 57.4 Å². The second kappa shape index (κ2) is 5.65. The highest BCUT2D eigenvalue weighted by Gasteiger charge is 2.17. The summed E-state index contributed by atoms with van der Waals surface area (Å²) in [5, 5.41) is 11.8. The summed E-state index contributed by atoms with van der Waals surface area (Å²) in [6.45, 7) is 4.68. The van der Waals surface area contributed by atoms with Crippen LogP contribution in [0.5, 0.6) is 0 Å². The van der Waals surface area contributed by atoms with Gasteiger partial charge in [-0.15, -0.1) is 5.10 Å². The van der Waals surface area contributed by atoms with Gasteiger partial charge >= 0.3 is 0 Å². The second-order valence-electron chi connectivity index (χ2n) is 6.02. The molecule has 0 saturated heterocycles. The molecule has 4 heteroatoms. The number of nitrogens with zero attached hydrogens (tertiary/aromatic N) is 2. The van der Waals surface area contributed by atoms with Crippen molar-refractivity contribution in [3.63, 3.8) is 0 Å². The number of anilines is 1. The van der Waals surface area contributed by atoms with Crippen molar-refractivity contribution >= 4 is 5.82 Å². The van der Waals surface area contributed by atoms with E-state index in [9.17, 15) is 0 Å². The zero-order chi connectivity index (χ0) is 13.0. The quantitative estimate of drug-likeness (QED) is 0.860. The fraction of sp³-hybridized carbons (Fsp3) is 0.714. The van der Waals surface area contributed by atoms with Gasteiger partial charge in [0, 0.05) is 18.0 Å². The summed E-state index contributed by atoms with van der Waals surface area (Å²) in [4.78, 5) is 0. The number of hydrogen-bond donors (Lipinski definition) is 2. The third-order valence-corrected chi connectivity index (χ3v) is 3.43. The number of rotatable bonds is 4. The molecule has 4 nitrogen and oxygen atoms in total. The molecule has 0 radical (unpaired) electrons. The van der Waals surface area contributed by atoms with Crippen LogP contribution in [-0.2, 0) is 0 Å². The molecule has 100 valence electrons. The van der Waals surface area contributed by atoms with Crippen LogP contribution >= 0.6 is 0 Å². The third-order valence-electron chi connectivity index (χ3n) is 3.43. The first kappa shape index (κ1) is 13.3. The summed E-state index contributed by atoms with van der Waals surface area (Å²) in [7, 11) is 0. The molecule has 0 aliphatic heterocycles. The Balaban J connectivity index is 1.92. The monoisotopic (exact) mass is 248 g/mol. The molecule has 1 saturated carbocycles. The highest BCUT2D eigenvalue weighted by molar-refractivity contribution is 5.34.